The SMILES string of the molecule is CN(CCOc1ccc(Br)cc1)C(=O)c1ccc([N+](=O)[O-])s1. The number of halogens is 1. The van der Waals surface area contributed by atoms with Crippen molar-refractivity contribution in [3.8, 4) is 5.75 Å². The van der Waals surface area contributed by atoms with Gasteiger partial charge in [0, 0.05) is 17.6 Å². The fourth-order valence-electron chi connectivity index (χ4n) is 1.66. The maximum absolute atomic E-state index is 12.1. The zero-order valence-electron chi connectivity index (χ0n) is 11.7. The number of amides is 1. The number of carbonyl (C=O) groups is 1. The summed E-state index contributed by atoms with van der Waals surface area (Å²) in [6.07, 6.45) is 0. The maximum Gasteiger partial charge on any atom is 0.324 e. The minimum absolute atomic E-state index is 0.0390. The Morgan fingerprint density at radius 3 is 2.59 bits per heavy atom. The molecular formula is C14H13BrN2O4S. The summed E-state index contributed by atoms with van der Waals surface area (Å²) >= 11 is 4.21. The normalized spacial score (nSPS) is 10.3. The van der Waals surface area contributed by atoms with Gasteiger partial charge in [-0.25, -0.2) is 0 Å². The smallest absolute Gasteiger partial charge is 0.324 e. The molecular weight excluding hydrogens is 372 g/mol. The number of nitro groups is 1. The van der Waals surface area contributed by atoms with E-state index in [4.69, 9.17) is 4.74 Å². The second-order valence-corrected chi connectivity index (χ2v) is 6.40. The van der Waals surface area contributed by atoms with Crippen LogP contribution >= 0.6 is 27.3 Å². The lowest BCUT2D eigenvalue weighted by Gasteiger charge is -2.16. The molecule has 0 aliphatic carbocycles. The number of hydrogen-bond acceptors (Lipinski definition) is 5. The summed E-state index contributed by atoms with van der Waals surface area (Å²) in [5.74, 6) is 0.466. The van der Waals surface area contributed by atoms with E-state index in [0.717, 1.165) is 21.6 Å². The Hall–Kier alpha value is -1.93. The molecule has 116 valence electrons. The van der Waals surface area contributed by atoms with Gasteiger partial charge in [-0.2, -0.15) is 0 Å². The number of ether oxygens (including phenoxy) is 1. The first-order valence-corrected chi connectivity index (χ1v) is 7.96. The van der Waals surface area contributed by atoms with Crippen LogP contribution in [0.2, 0.25) is 0 Å². The van der Waals surface area contributed by atoms with Gasteiger partial charge in [-0.1, -0.05) is 27.3 Å². The summed E-state index contributed by atoms with van der Waals surface area (Å²) < 4.78 is 6.51. The van der Waals surface area contributed by atoms with Crippen LogP contribution in [0, 0.1) is 10.1 Å². The van der Waals surface area contributed by atoms with Crippen LogP contribution in [0.15, 0.2) is 40.9 Å². The number of likely N-dealkylation sites (N-methyl/N-ethyl adjacent to an activating group) is 1. The number of rotatable bonds is 6. The lowest BCUT2D eigenvalue weighted by atomic mass is 10.3. The van der Waals surface area contributed by atoms with Crippen molar-refractivity contribution in [2.45, 2.75) is 0 Å². The van der Waals surface area contributed by atoms with E-state index in [0.29, 0.717) is 18.0 Å². The van der Waals surface area contributed by atoms with E-state index in [1.807, 2.05) is 24.3 Å². The molecule has 0 aliphatic rings. The summed E-state index contributed by atoms with van der Waals surface area (Å²) in [4.78, 5) is 24.1. The molecule has 0 saturated heterocycles. The molecule has 1 aromatic heterocycles. The molecule has 1 heterocycles. The Kier molecular flexibility index (Phi) is 5.51. The van der Waals surface area contributed by atoms with Crippen molar-refractivity contribution >= 4 is 38.2 Å². The van der Waals surface area contributed by atoms with E-state index in [9.17, 15) is 14.9 Å². The number of thiophene rings is 1. The van der Waals surface area contributed by atoms with Crippen molar-refractivity contribution in [2.24, 2.45) is 0 Å². The van der Waals surface area contributed by atoms with Crippen LogP contribution in [0.5, 0.6) is 5.75 Å². The minimum Gasteiger partial charge on any atom is -0.492 e. The van der Waals surface area contributed by atoms with Crippen molar-refractivity contribution in [3.63, 3.8) is 0 Å². The molecule has 0 radical (unpaired) electrons. The van der Waals surface area contributed by atoms with Crippen LogP contribution in [-0.4, -0.2) is 35.9 Å². The number of benzene rings is 1. The first kappa shape index (κ1) is 16.4. The summed E-state index contributed by atoms with van der Waals surface area (Å²) in [5, 5.41) is 10.6. The number of carbonyl (C=O) groups excluding carboxylic acids is 1. The average molecular weight is 385 g/mol. The van der Waals surface area contributed by atoms with Gasteiger partial charge in [0.15, 0.2) is 0 Å². The monoisotopic (exact) mass is 384 g/mol. The molecule has 0 saturated carbocycles. The lowest BCUT2D eigenvalue weighted by molar-refractivity contribution is -0.380. The van der Waals surface area contributed by atoms with E-state index in [2.05, 4.69) is 15.9 Å². The molecule has 6 nitrogen and oxygen atoms in total. The van der Waals surface area contributed by atoms with Gasteiger partial charge in [0.2, 0.25) is 0 Å². The molecule has 8 heteroatoms. The molecule has 0 bridgehead atoms. The minimum atomic E-state index is -0.502. The largest absolute Gasteiger partial charge is 0.492 e. The second kappa shape index (κ2) is 7.37. The second-order valence-electron chi connectivity index (χ2n) is 4.42. The van der Waals surface area contributed by atoms with Crippen molar-refractivity contribution in [1.29, 1.82) is 0 Å². The third-order valence-electron chi connectivity index (χ3n) is 2.84. The van der Waals surface area contributed by atoms with E-state index in [-0.39, 0.29) is 10.9 Å². The highest BCUT2D eigenvalue weighted by atomic mass is 79.9. The van der Waals surface area contributed by atoms with Gasteiger partial charge in [0.05, 0.1) is 16.3 Å². The van der Waals surface area contributed by atoms with Gasteiger partial charge in [-0.05, 0) is 30.3 Å². The lowest BCUT2D eigenvalue weighted by Crippen LogP contribution is -2.30. The van der Waals surface area contributed by atoms with E-state index >= 15 is 0 Å². The molecule has 22 heavy (non-hydrogen) atoms. The van der Waals surface area contributed by atoms with Gasteiger partial charge >= 0.3 is 5.00 Å². The van der Waals surface area contributed by atoms with Crippen LogP contribution < -0.4 is 4.74 Å². The standard InChI is InChI=1S/C14H13BrN2O4S/c1-16(8-9-21-11-4-2-10(15)3-5-11)14(18)12-6-7-13(22-12)17(19)20/h2-7H,8-9H2,1H3. The molecule has 1 aromatic carbocycles. The van der Waals surface area contributed by atoms with Crippen LogP contribution in [0.25, 0.3) is 0 Å². The van der Waals surface area contributed by atoms with Crippen LogP contribution in [0.1, 0.15) is 9.67 Å². The van der Waals surface area contributed by atoms with Gasteiger partial charge < -0.3 is 9.64 Å². The molecule has 0 unspecified atom stereocenters. The fraction of sp³-hybridized carbons (Fsp3) is 0.214. The summed E-state index contributed by atoms with van der Waals surface area (Å²) in [7, 11) is 1.64. The summed E-state index contributed by atoms with van der Waals surface area (Å²) in [5.41, 5.74) is 0. The topological polar surface area (TPSA) is 72.7 Å². The van der Waals surface area contributed by atoms with E-state index in [1.165, 1.54) is 17.0 Å². The number of hydrogen-bond donors (Lipinski definition) is 0. The predicted molar refractivity (Wildman–Crippen MR) is 87.6 cm³/mol. The number of nitrogens with zero attached hydrogens (tertiary/aromatic N) is 2. The van der Waals surface area contributed by atoms with Crippen LogP contribution in [-0.2, 0) is 0 Å². The highest BCUT2D eigenvalue weighted by molar-refractivity contribution is 9.10. The zero-order chi connectivity index (χ0) is 16.1. The van der Waals surface area contributed by atoms with E-state index < -0.39 is 4.92 Å². The fourth-order valence-corrected chi connectivity index (χ4v) is 2.74. The van der Waals surface area contributed by atoms with Crippen molar-refractivity contribution in [1.82, 2.24) is 4.90 Å². The van der Waals surface area contributed by atoms with Crippen LogP contribution in [0.4, 0.5) is 5.00 Å². The molecule has 2 rings (SSSR count). The molecule has 1 amide bonds. The van der Waals surface area contributed by atoms with E-state index in [1.54, 1.807) is 7.05 Å². The summed E-state index contributed by atoms with van der Waals surface area (Å²) in [6, 6.07) is 10.2. The van der Waals surface area contributed by atoms with Gasteiger partial charge in [0.1, 0.15) is 12.4 Å². The Morgan fingerprint density at radius 1 is 1.32 bits per heavy atom. The van der Waals surface area contributed by atoms with Gasteiger partial charge in [-0.15, -0.1) is 0 Å². The van der Waals surface area contributed by atoms with Crippen LogP contribution in [0.3, 0.4) is 0 Å². The molecule has 0 atom stereocenters. The Balaban J connectivity index is 1.85. The van der Waals surface area contributed by atoms with Crippen molar-refractivity contribution in [3.05, 3.63) is 55.9 Å². The average Bonchev–Trinajstić information content (AvgIpc) is 2.98. The third kappa shape index (κ3) is 4.28. The Bertz CT molecular complexity index is 672. The third-order valence-corrected chi connectivity index (χ3v) is 4.39. The van der Waals surface area contributed by atoms with Gasteiger partial charge in [-0.3, -0.25) is 14.9 Å². The first-order valence-electron chi connectivity index (χ1n) is 6.35. The van der Waals surface area contributed by atoms with Crippen molar-refractivity contribution in [2.75, 3.05) is 20.2 Å². The first-order chi connectivity index (χ1) is 10.5. The molecule has 0 spiro atoms. The maximum atomic E-state index is 12.1. The predicted octanol–water partition coefficient (Wildman–Crippen LogP) is 3.57. The molecule has 0 fully saturated rings. The highest BCUT2D eigenvalue weighted by Crippen LogP contribution is 2.24. The highest BCUT2D eigenvalue weighted by Gasteiger charge is 2.18. The van der Waals surface area contributed by atoms with Crippen molar-refractivity contribution < 1.29 is 14.5 Å². The molecule has 2 aromatic rings. The summed E-state index contributed by atoms with van der Waals surface area (Å²) in [6.45, 7) is 0.734. The molecule has 0 N–H and O–H groups in total. The van der Waals surface area contributed by atoms with Gasteiger partial charge in [0.25, 0.3) is 5.91 Å². The Labute approximate surface area is 139 Å². The quantitative estimate of drug-likeness (QED) is 0.563. The zero-order valence-corrected chi connectivity index (χ0v) is 14.1. The molecule has 0 aliphatic heterocycles. The Morgan fingerprint density at radius 2 is 2.00 bits per heavy atom.